The van der Waals surface area contributed by atoms with Crippen LogP contribution in [0.25, 0.3) is 0 Å². The molecule has 0 radical (unpaired) electrons. The van der Waals surface area contributed by atoms with Gasteiger partial charge in [0.1, 0.15) is 5.76 Å². The van der Waals surface area contributed by atoms with Crippen molar-refractivity contribution in [3.05, 3.63) is 17.0 Å². The van der Waals surface area contributed by atoms with Gasteiger partial charge in [-0.05, 0) is 33.9 Å². The fraction of sp³-hybridized carbons (Fsp3) is 0.778. The van der Waals surface area contributed by atoms with Crippen LogP contribution in [0.3, 0.4) is 0 Å². The zero-order chi connectivity index (χ0) is 17.6. The van der Waals surface area contributed by atoms with E-state index in [2.05, 4.69) is 50.1 Å². The molecule has 5 heteroatoms. The lowest BCUT2D eigenvalue weighted by atomic mass is 9.78. The number of aromatic nitrogens is 1. The van der Waals surface area contributed by atoms with E-state index in [1.165, 1.54) is 0 Å². The van der Waals surface area contributed by atoms with Crippen molar-refractivity contribution in [3.63, 3.8) is 0 Å². The van der Waals surface area contributed by atoms with Crippen LogP contribution < -0.4 is 5.32 Å². The van der Waals surface area contributed by atoms with Crippen molar-refractivity contribution in [2.24, 2.45) is 5.41 Å². The summed E-state index contributed by atoms with van der Waals surface area (Å²) in [6, 6.07) is 0.0603. The van der Waals surface area contributed by atoms with Crippen LogP contribution in [-0.4, -0.2) is 42.1 Å². The van der Waals surface area contributed by atoms with Gasteiger partial charge in [-0.1, -0.05) is 39.3 Å². The van der Waals surface area contributed by atoms with Gasteiger partial charge in [0.25, 0.3) is 5.91 Å². The summed E-state index contributed by atoms with van der Waals surface area (Å²) < 4.78 is 5.24. The zero-order valence-corrected chi connectivity index (χ0v) is 15.8. The molecule has 1 rings (SSSR count). The topological polar surface area (TPSA) is 58.4 Å². The minimum atomic E-state index is -0.139. The van der Waals surface area contributed by atoms with Crippen LogP contribution in [0.2, 0.25) is 0 Å². The lowest BCUT2D eigenvalue weighted by molar-refractivity contribution is 0.0836. The van der Waals surface area contributed by atoms with Crippen molar-refractivity contribution in [1.82, 2.24) is 15.4 Å². The smallest absolute Gasteiger partial charge is 0.273 e. The van der Waals surface area contributed by atoms with Crippen LogP contribution in [0.1, 0.15) is 69.3 Å². The Hall–Kier alpha value is -1.36. The van der Waals surface area contributed by atoms with E-state index in [-0.39, 0.29) is 17.4 Å². The Morgan fingerprint density at radius 3 is 2.52 bits per heavy atom. The molecule has 0 aliphatic rings. The first-order chi connectivity index (χ1) is 10.8. The van der Waals surface area contributed by atoms with Crippen LogP contribution in [0.4, 0.5) is 0 Å². The molecule has 5 nitrogen and oxygen atoms in total. The molecule has 132 valence electrons. The van der Waals surface area contributed by atoms with Crippen molar-refractivity contribution >= 4 is 5.91 Å². The molecule has 1 aromatic heterocycles. The fourth-order valence-electron chi connectivity index (χ4n) is 3.08. The number of hydrogen-bond donors (Lipinski definition) is 1. The Morgan fingerprint density at radius 1 is 1.39 bits per heavy atom. The molecule has 23 heavy (non-hydrogen) atoms. The summed E-state index contributed by atoms with van der Waals surface area (Å²) in [5, 5.41) is 7.09. The maximum absolute atomic E-state index is 12.6. The van der Waals surface area contributed by atoms with Gasteiger partial charge in [-0.25, -0.2) is 0 Å². The van der Waals surface area contributed by atoms with Crippen LogP contribution in [0.5, 0.6) is 0 Å². The van der Waals surface area contributed by atoms with Crippen molar-refractivity contribution < 1.29 is 9.32 Å². The standard InChI is InChI=1S/C18H33N3O2/c1-8-11-18(6,12-21(7)10-3)14(5)19-17(22)16-13(4)15(9-2)23-20-16/h14H,8-12H2,1-7H3,(H,19,22). The Labute approximate surface area is 140 Å². The number of rotatable bonds is 9. The van der Waals surface area contributed by atoms with E-state index in [9.17, 15) is 4.79 Å². The maximum atomic E-state index is 12.6. The van der Waals surface area contributed by atoms with E-state index in [1.807, 2.05) is 13.8 Å². The van der Waals surface area contributed by atoms with E-state index in [0.717, 1.165) is 43.7 Å². The Balaban J connectivity index is 2.86. The highest BCUT2D eigenvalue weighted by molar-refractivity contribution is 5.93. The minimum Gasteiger partial charge on any atom is -0.360 e. The normalized spacial score (nSPS) is 15.5. The van der Waals surface area contributed by atoms with E-state index < -0.39 is 0 Å². The summed E-state index contributed by atoms with van der Waals surface area (Å²) in [4.78, 5) is 14.9. The van der Waals surface area contributed by atoms with Gasteiger partial charge in [0.15, 0.2) is 5.69 Å². The summed E-state index contributed by atoms with van der Waals surface area (Å²) in [6.45, 7) is 14.5. The number of nitrogens with one attached hydrogen (secondary N) is 1. The zero-order valence-electron chi connectivity index (χ0n) is 15.8. The van der Waals surface area contributed by atoms with Crippen molar-refractivity contribution in [2.75, 3.05) is 20.1 Å². The Morgan fingerprint density at radius 2 is 2.04 bits per heavy atom. The average Bonchev–Trinajstić information content (AvgIpc) is 2.88. The highest BCUT2D eigenvalue weighted by Gasteiger charge is 2.33. The van der Waals surface area contributed by atoms with E-state index in [0.29, 0.717) is 5.69 Å². The molecular formula is C18H33N3O2. The molecule has 0 aliphatic heterocycles. The minimum absolute atomic E-state index is 0.0282. The number of carbonyl (C=O) groups excluding carboxylic acids is 1. The molecule has 1 amide bonds. The third-order valence-corrected chi connectivity index (χ3v) is 4.94. The summed E-state index contributed by atoms with van der Waals surface area (Å²) in [6.07, 6.45) is 2.91. The highest BCUT2D eigenvalue weighted by atomic mass is 16.5. The van der Waals surface area contributed by atoms with Crippen molar-refractivity contribution in [1.29, 1.82) is 0 Å². The first-order valence-electron chi connectivity index (χ1n) is 8.73. The van der Waals surface area contributed by atoms with E-state index in [4.69, 9.17) is 4.52 Å². The average molecular weight is 323 g/mol. The van der Waals surface area contributed by atoms with Crippen molar-refractivity contribution in [3.8, 4) is 0 Å². The second kappa shape index (κ2) is 8.48. The molecule has 1 heterocycles. The molecule has 0 saturated carbocycles. The number of aryl methyl sites for hydroxylation is 1. The lowest BCUT2D eigenvalue weighted by Gasteiger charge is -2.39. The van der Waals surface area contributed by atoms with Crippen LogP contribution >= 0.6 is 0 Å². The summed E-state index contributed by atoms with van der Waals surface area (Å²) in [5.41, 5.74) is 1.29. The molecule has 1 N–H and O–H groups in total. The van der Waals surface area contributed by atoms with Gasteiger partial charge in [0.2, 0.25) is 0 Å². The third-order valence-electron chi connectivity index (χ3n) is 4.94. The predicted molar refractivity (Wildman–Crippen MR) is 93.7 cm³/mol. The van der Waals surface area contributed by atoms with Gasteiger partial charge < -0.3 is 14.7 Å². The predicted octanol–water partition coefficient (Wildman–Crippen LogP) is 3.42. The quantitative estimate of drug-likeness (QED) is 0.756. The monoisotopic (exact) mass is 323 g/mol. The van der Waals surface area contributed by atoms with Crippen LogP contribution in [-0.2, 0) is 6.42 Å². The van der Waals surface area contributed by atoms with Crippen molar-refractivity contribution in [2.45, 2.75) is 66.8 Å². The molecule has 2 unspecified atom stereocenters. The largest absolute Gasteiger partial charge is 0.360 e. The maximum Gasteiger partial charge on any atom is 0.273 e. The number of hydrogen-bond acceptors (Lipinski definition) is 4. The van der Waals surface area contributed by atoms with Gasteiger partial charge in [0.05, 0.1) is 0 Å². The summed E-state index contributed by atoms with van der Waals surface area (Å²) >= 11 is 0. The molecule has 0 fully saturated rings. The molecule has 0 aliphatic carbocycles. The highest BCUT2D eigenvalue weighted by Crippen LogP contribution is 2.29. The van der Waals surface area contributed by atoms with E-state index >= 15 is 0 Å². The lowest BCUT2D eigenvalue weighted by Crippen LogP contribution is -2.49. The Bertz CT molecular complexity index is 512. The summed E-state index contributed by atoms with van der Waals surface area (Å²) in [7, 11) is 2.12. The molecule has 2 atom stereocenters. The number of carbonyl (C=O) groups is 1. The summed E-state index contributed by atoms with van der Waals surface area (Å²) in [5.74, 6) is 0.643. The first kappa shape index (κ1) is 19.7. The van der Waals surface area contributed by atoms with Gasteiger partial charge >= 0.3 is 0 Å². The molecule has 0 spiro atoms. The molecule has 0 saturated heterocycles. The molecule has 1 aromatic rings. The molecule has 0 bridgehead atoms. The van der Waals surface area contributed by atoms with Crippen LogP contribution in [0.15, 0.2) is 4.52 Å². The number of amides is 1. The van der Waals surface area contributed by atoms with Gasteiger partial charge in [-0.15, -0.1) is 0 Å². The molecular weight excluding hydrogens is 290 g/mol. The Kier molecular flexibility index (Phi) is 7.26. The fourth-order valence-corrected chi connectivity index (χ4v) is 3.08. The molecule has 0 aromatic carbocycles. The van der Waals surface area contributed by atoms with Gasteiger partial charge in [-0.3, -0.25) is 4.79 Å². The second-order valence-electron chi connectivity index (χ2n) is 6.86. The van der Waals surface area contributed by atoms with Crippen LogP contribution in [0, 0.1) is 12.3 Å². The first-order valence-corrected chi connectivity index (χ1v) is 8.73. The number of nitrogens with zero attached hydrogens (tertiary/aromatic N) is 2. The SMILES string of the molecule is CCCC(C)(CN(C)CC)C(C)NC(=O)c1noc(CC)c1C. The third kappa shape index (κ3) is 4.80. The van der Waals surface area contributed by atoms with E-state index in [1.54, 1.807) is 0 Å². The second-order valence-corrected chi connectivity index (χ2v) is 6.86. The van der Waals surface area contributed by atoms with Gasteiger partial charge in [-0.2, -0.15) is 0 Å². The van der Waals surface area contributed by atoms with Gasteiger partial charge in [0, 0.05) is 30.0 Å².